The van der Waals surface area contributed by atoms with Gasteiger partial charge in [-0.3, -0.25) is 4.79 Å². The van der Waals surface area contributed by atoms with Crippen molar-refractivity contribution in [2.24, 2.45) is 0 Å². The highest BCUT2D eigenvalue weighted by Gasteiger charge is 2.28. The second kappa shape index (κ2) is 7.66. The van der Waals surface area contributed by atoms with Gasteiger partial charge in [0.1, 0.15) is 5.75 Å². The highest BCUT2D eigenvalue weighted by Crippen LogP contribution is 2.28. The number of benzene rings is 1. The second-order valence-electron chi connectivity index (χ2n) is 5.38. The van der Waals surface area contributed by atoms with Crippen LogP contribution in [0.2, 0.25) is 5.02 Å². The SMILES string of the molecule is COc1ccc(Cl)cc1CC(=O)N(CCCO)C1CCC1. The molecule has 21 heavy (non-hydrogen) atoms. The van der Waals surface area contributed by atoms with Gasteiger partial charge in [0, 0.05) is 29.8 Å². The molecular weight excluding hydrogens is 290 g/mol. The molecule has 0 aliphatic heterocycles. The van der Waals surface area contributed by atoms with Gasteiger partial charge in [-0.25, -0.2) is 0 Å². The third-order valence-corrected chi connectivity index (χ3v) is 4.21. The molecule has 1 saturated carbocycles. The average Bonchev–Trinajstić information content (AvgIpc) is 2.41. The third-order valence-electron chi connectivity index (χ3n) is 3.98. The summed E-state index contributed by atoms with van der Waals surface area (Å²) in [6.07, 6.45) is 4.20. The van der Waals surface area contributed by atoms with E-state index in [4.69, 9.17) is 21.4 Å². The summed E-state index contributed by atoms with van der Waals surface area (Å²) in [5.41, 5.74) is 0.809. The van der Waals surface area contributed by atoms with E-state index in [-0.39, 0.29) is 18.9 Å². The molecule has 0 atom stereocenters. The maximum Gasteiger partial charge on any atom is 0.227 e. The van der Waals surface area contributed by atoms with E-state index in [9.17, 15) is 4.79 Å². The number of halogens is 1. The zero-order valence-corrected chi connectivity index (χ0v) is 13.1. The van der Waals surface area contributed by atoms with Gasteiger partial charge in [-0.05, 0) is 43.9 Å². The van der Waals surface area contributed by atoms with E-state index in [0.717, 1.165) is 18.4 Å². The fourth-order valence-corrected chi connectivity index (χ4v) is 2.79. The number of amides is 1. The number of ether oxygens (including phenoxy) is 1. The van der Waals surface area contributed by atoms with Crippen LogP contribution in [0.1, 0.15) is 31.2 Å². The average molecular weight is 312 g/mol. The van der Waals surface area contributed by atoms with Gasteiger partial charge in [-0.2, -0.15) is 0 Å². The van der Waals surface area contributed by atoms with Gasteiger partial charge in [0.25, 0.3) is 0 Å². The zero-order valence-electron chi connectivity index (χ0n) is 12.3. The minimum Gasteiger partial charge on any atom is -0.496 e. The highest BCUT2D eigenvalue weighted by atomic mass is 35.5. The summed E-state index contributed by atoms with van der Waals surface area (Å²) in [5.74, 6) is 0.761. The molecule has 2 rings (SSSR count). The number of rotatable bonds is 7. The van der Waals surface area contributed by atoms with Crippen LogP contribution in [0.25, 0.3) is 0 Å². The van der Waals surface area contributed by atoms with E-state index in [2.05, 4.69) is 0 Å². The van der Waals surface area contributed by atoms with E-state index in [0.29, 0.717) is 29.8 Å². The first-order valence-electron chi connectivity index (χ1n) is 7.38. The molecule has 0 radical (unpaired) electrons. The van der Waals surface area contributed by atoms with E-state index in [1.807, 2.05) is 4.90 Å². The maximum absolute atomic E-state index is 12.6. The van der Waals surface area contributed by atoms with Crippen molar-refractivity contribution in [2.75, 3.05) is 20.3 Å². The Kier molecular flexibility index (Phi) is 5.88. The van der Waals surface area contributed by atoms with Crippen molar-refractivity contribution >= 4 is 17.5 Å². The second-order valence-corrected chi connectivity index (χ2v) is 5.82. The molecule has 1 aliphatic carbocycles. The standard InChI is InChI=1S/C16H22ClNO3/c1-21-15-7-6-13(17)10-12(15)11-16(20)18(8-3-9-19)14-4-2-5-14/h6-7,10,14,19H,2-5,8-9,11H2,1H3. The Balaban J connectivity index is 2.08. The zero-order chi connectivity index (χ0) is 15.2. The molecule has 0 aromatic heterocycles. The van der Waals surface area contributed by atoms with Crippen molar-refractivity contribution in [1.29, 1.82) is 0 Å². The van der Waals surface area contributed by atoms with Gasteiger partial charge < -0.3 is 14.7 Å². The molecule has 1 fully saturated rings. The van der Waals surface area contributed by atoms with Crippen LogP contribution >= 0.6 is 11.6 Å². The van der Waals surface area contributed by atoms with Crippen molar-refractivity contribution in [2.45, 2.75) is 38.1 Å². The van der Waals surface area contributed by atoms with E-state index in [1.54, 1.807) is 25.3 Å². The Labute approximate surface area is 130 Å². The molecule has 0 heterocycles. The Morgan fingerprint density at radius 1 is 1.48 bits per heavy atom. The number of hydrogen-bond donors (Lipinski definition) is 1. The summed E-state index contributed by atoms with van der Waals surface area (Å²) in [5, 5.41) is 9.60. The lowest BCUT2D eigenvalue weighted by Crippen LogP contribution is -2.45. The molecule has 5 heteroatoms. The Morgan fingerprint density at radius 3 is 2.81 bits per heavy atom. The third kappa shape index (κ3) is 4.11. The van der Waals surface area contributed by atoms with E-state index < -0.39 is 0 Å². The molecule has 1 amide bonds. The van der Waals surface area contributed by atoms with Crippen LogP contribution in [0.15, 0.2) is 18.2 Å². The smallest absolute Gasteiger partial charge is 0.227 e. The first kappa shape index (κ1) is 16.1. The molecule has 0 unspecified atom stereocenters. The van der Waals surface area contributed by atoms with E-state index >= 15 is 0 Å². The molecule has 0 saturated heterocycles. The number of methoxy groups -OCH3 is 1. The van der Waals surface area contributed by atoms with Crippen molar-refractivity contribution in [3.05, 3.63) is 28.8 Å². The molecule has 1 aromatic carbocycles. The number of aliphatic hydroxyl groups excluding tert-OH is 1. The normalized spacial score (nSPS) is 14.6. The van der Waals surface area contributed by atoms with Crippen molar-refractivity contribution in [3.63, 3.8) is 0 Å². The summed E-state index contributed by atoms with van der Waals surface area (Å²) >= 11 is 6.01. The topological polar surface area (TPSA) is 49.8 Å². The quantitative estimate of drug-likeness (QED) is 0.842. The summed E-state index contributed by atoms with van der Waals surface area (Å²) in [6, 6.07) is 5.65. The van der Waals surface area contributed by atoms with Crippen molar-refractivity contribution in [3.8, 4) is 5.75 Å². The lowest BCUT2D eigenvalue weighted by molar-refractivity contribution is -0.134. The van der Waals surface area contributed by atoms with Gasteiger partial charge >= 0.3 is 0 Å². The molecule has 4 nitrogen and oxygen atoms in total. The molecule has 0 spiro atoms. The number of nitrogens with zero attached hydrogens (tertiary/aromatic N) is 1. The van der Waals surface area contributed by atoms with Crippen LogP contribution < -0.4 is 4.74 Å². The lowest BCUT2D eigenvalue weighted by atomic mass is 9.91. The van der Waals surface area contributed by atoms with Crippen LogP contribution in [0.4, 0.5) is 0 Å². The summed E-state index contributed by atoms with van der Waals surface area (Å²) < 4.78 is 5.29. The van der Waals surface area contributed by atoms with Crippen molar-refractivity contribution in [1.82, 2.24) is 4.90 Å². The predicted molar refractivity (Wildman–Crippen MR) is 82.8 cm³/mol. The molecule has 116 valence electrons. The van der Waals surface area contributed by atoms with Gasteiger partial charge in [0.05, 0.1) is 13.5 Å². The number of hydrogen-bond acceptors (Lipinski definition) is 3. The molecule has 1 N–H and O–H groups in total. The Morgan fingerprint density at radius 2 is 2.24 bits per heavy atom. The Bertz CT molecular complexity index is 488. The first-order valence-corrected chi connectivity index (χ1v) is 7.76. The largest absolute Gasteiger partial charge is 0.496 e. The lowest BCUT2D eigenvalue weighted by Gasteiger charge is -2.37. The fraction of sp³-hybridized carbons (Fsp3) is 0.562. The molecule has 1 aromatic rings. The first-order chi connectivity index (χ1) is 10.2. The monoisotopic (exact) mass is 311 g/mol. The maximum atomic E-state index is 12.6. The molecular formula is C16H22ClNO3. The van der Waals surface area contributed by atoms with Gasteiger partial charge in [-0.15, -0.1) is 0 Å². The summed E-state index contributed by atoms with van der Waals surface area (Å²) in [4.78, 5) is 14.5. The number of carbonyl (C=O) groups is 1. The van der Waals surface area contributed by atoms with Gasteiger partial charge in [0.15, 0.2) is 0 Å². The minimum atomic E-state index is 0.0775. The van der Waals surface area contributed by atoms with Crippen LogP contribution in [-0.2, 0) is 11.2 Å². The Hall–Kier alpha value is -1.26. The van der Waals surface area contributed by atoms with Crippen LogP contribution in [0, 0.1) is 0 Å². The predicted octanol–water partition coefficient (Wildman–Crippen LogP) is 2.65. The van der Waals surface area contributed by atoms with Crippen LogP contribution in [0.3, 0.4) is 0 Å². The number of carbonyl (C=O) groups excluding carboxylic acids is 1. The highest BCUT2D eigenvalue weighted by molar-refractivity contribution is 6.30. The molecule has 1 aliphatic rings. The number of aliphatic hydroxyl groups is 1. The van der Waals surface area contributed by atoms with Gasteiger partial charge in [0.2, 0.25) is 5.91 Å². The van der Waals surface area contributed by atoms with Crippen LogP contribution in [-0.4, -0.2) is 42.2 Å². The van der Waals surface area contributed by atoms with E-state index in [1.165, 1.54) is 6.42 Å². The van der Waals surface area contributed by atoms with Crippen molar-refractivity contribution < 1.29 is 14.6 Å². The fourth-order valence-electron chi connectivity index (χ4n) is 2.60. The minimum absolute atomic E-state index is 0.0775. The van der Waals surface area contributed by atoms with Crippen LogP contribution in [0.5, 0.6) is 5.75 Å². The van der Waals surface area contributed by atoms with Gasteiger partial charge in [-0.1, -0.05) is 11.6 Å². The summed E-state index contributed by atoms with van der Waals surface area (Å²) in [6.45, 7) is 0.722. The molecule has 0 bridgehead atoms. The summed E-state index contributed by atoms with van der Waals surface area (Å²) in [7, 11) is 1.59.